The van der Waals surface area contributed by atoms with E-state index in [1.165, 1.54) is 12.8 Å². The molecule has 2 rings (SSSR count). The standard InChI is InChI=1S/C15H22FN/c1-3-15(13-6-4-5-7-14(13)16)17-10-11(2)12-8-9-12/h4-7,11-12,15,17H,3,8-10H2,1-2H3. The highest BCUT2D eigenvalue weighted by atomic mass is 19.1. The van der Waals surface area contributed by atoms with E-state index in [-0.39, 0.29) is 11.9 Å². The van der Waals surface area contributed by atoms with E-state index in [0.717, 1.165) is 30.4 Å². The fourth-order valence-electron chi connectivity index (χ4n) is 2.39. The molecule has 2 unspecified atom stereocenters. The Morgan fingerprint density at radius 1 is 1.35 bits per heavy atom. The zero-order chi connectivity index (χ0) is 12.3. The van der Waals surface area contributed by atoms with Gasteiger partial charge in [-0.3, -0.25) is 0 Å². The van der Waals surface area contributed by atoms with Gasteiger partial charge in [-0.25, -0.2) is 4.39 Å². The molecule has 1 saturated carbocycles. The Hall–Kier alpha value is -0.890. The first-order chi connectivity index (χ1) is 8.22. The van der Waals surface area contributed by atoms with Crippen LogP contribution in [0.3, 0.4) is 0 Å². The molecule has 1 aromatic rings. The van der Waals surface area contributed by atoms with E-state index in [0.29, 0.717) is 0 Å². The lowest BCUT2D eigenvalue weighted by Crippen LogP contribution is -2.27. The van der Waals surface area contributed by atoms with Gasteiger partial charge in [0.15, 0.2) is 0 Å². The van der Waals surface area contributed by atoms with E-state index in [2.05, 4.69) is 19.2 Å². The number of benzene rings is 1. The van der Waals surface area contributed by atoms with Crippen molar-refractivity contribution in [1.82, 2.24) is 5.32 Å². The predicted octanol–water partition coefficient (Wildman–Crippen LogP) is 3.91. The van der Waals surface area contributed by atoms with Gasteiger partial charge < -0.3 is 5.32 Å². The maximum absolute atomic E-state index is 13.7. The average molecular weight is 235 g/mol. The molecule has 0 aliphatic heterocycles. The molecule has 0 radical (unpaired) electrons. The van der Waals surface area contributed by atoms with Crippen molar-refractivity contribution < 1.29 is 4.39 Å². The van der Waals surface area contributed by atoms with Crippen LogP contribution in [-0.4, -0.2) is 6.54 Å². The van der Waals surface area contributed by atoms with Crippen molar-refractivity contribution >= 4 is 0 Å². The SMILES string of the molecule is CCC(NCC(C)C1CC1)c1ccccc1F. The first-order valence-electron chi connectivity index (χ1n) is 6.70. The van der Waals surface area contributed by atoms with Gasteiger partial charge in [0, 0.05) is 11.6 Å². The molecular formula is C15H22FN. The Morgan fingerprint density at radius 3 is 2.65 bits per heavy atom. The molecule has 0 aromatic heterocycles. The van der Waals surface area contributed by atoms with Crippen LogP contribution >= 0.6 is 0 Å². The van der Waals surface area contributed by atoms with Crippen LogP contribution in [0.1, 0.15) is 44.7 Å². The largest absolute Gasteiger partial charge is 0.310 e. The highest BCUT2D eigenvalue weighted by Gasteiger charge is 2.28. The summed E-state index contributed by atoms with van der Waals surface area (Å²) in [5, 5.41) is 3.51. The monoisotopic (exact) mass is 235 g/mol. The third-order valence-electron chi connectivity index (χ3n) is 3.80. The average Bonchev–Trinajstić information content (AvgIpc) is 3.15. The maximum Gasteiger partial charge on any atom is 0.127 e. The maximum atomic E-state index is 13.7. The van der Waals surface area contributed by atoms with Crippen LogP contribution in [0.4, 0.5) is 4.39 Å². The van der Waals surface area contributed by atoms with Gasteiger partial charge in [-0.15, -0.1) is 0 Å². The first-order valence-corrected chi connectivity index (χ1v) is 6.70. The summed E-state index contributed by atoms with van der Waals surface area (Å²) in [5.74, 6) is 1.53. The number of nitrogens with one attached hydrogen (secondary N) is 1. The van der Waals surface area contributed by atoms with E-state index in [4.69, 9.17) is 0 Å². The summed E-state index contributed by atoms with van der Waals surface area (Å²) >= 11 is 0. The molecule has 0 amide bonds. The van der Waals surface area contributed by atoms with Crippen molar-refractivity contribution in [1.29, 1.82) is 0 Å². The highest BCUT2D eigenvalue weighted by Crippen LogP contribution is 2.36. The third kappa shape index (κ3) is 3.29. The van der Waals surface area contributed by atoms with E-state index < -0.39 is 0 Å². The lowest BCUT2D eigenvalue weighted by molar-refractivity contribution is 0.406. The van der Waals surface area contributed by atoms with Crippen molar-refractivity contribution in [2.45, 2.75) is 39.2 Å². The Balaban J connectivity index is 1.93. The quantitative estimate of drug-likeness (QED) is 0.788. The van der Waals surface area contributed by atoms with Crippen molar-refractivity contribution in [2.24, 2.45) is 11.8 Å². The Labute approximate surface area is 103 Å². The van der Waals surface area contributed by atoms with Gasteiger partial charge in [0.25, 0.3) is 0 Å². The molecule has 1 fully saturated rings. The molecular weight excluding hydrogens is 213 g/mol. The normalized spacial score (nSPS) is 19.0. The Morgan fingerprint density at radius 2 is 2.06 bits per heavy atom. The van der Waals surface area contributed by atoms with Gasteiger partial charge in [-0.05, 0) is 43.7 Å². The first kappa shape index (κ1) is 12.6. The minimum atomic E-state index is -0.0917. The second-order valence-corrected chi connectivity index (χ2v) is 5.21. The number of rotatable bonds is 6. The molecule has 0 spiro atoms. The molecule has 1 aromatic carbocycles. The Kier molecular flexibility index (Phi) is 4.16. The van der Waals surface area contributed by atoms with Crippen LogP contribution in [0.2, 0.25) is 0 Å². The molecule has 0 heterocycles. The van der Waals surface area contributed by atoms with Crippen molar-refractivity contribution in [3.8, 4) is 0 Å². The summed E-state index contributed by atoms with van der Waals surface area (Å²) in [6, 6.07) is 7.24. The zero-order valence-corrected chi connectivity index (χ0v) is 10.7. The van der Waals surface area contributed by atoms with Crippen LogP contribution in [0.15, 0.2) is 24.3 Å². The van der Waals surface area contributed by atoms with Crippen LogP contribution < -0.4 is 5.32 Å². The minimum absolute atomic E-state index is 0.0917. The number of halogens is 1. The van der Waals surface area contributed by atoms with E-state index in [1.807, 2.05) is 12.1 Å². The van der Waals surface area contributed by atoms with E-state index in [9.17, 15) is 4.39 Å². The van der Waals surface area contributed by atoms with Gasteiger partial charge >= 0.3 is 0 Å². The molecule has 1 nitrogen and oxygen atoms in total. The molecule has 0 saturated heterocycles. The van der Waals surface area contributed by atoms with Gasteiger partial charge in [-0.2, -0.15) is 0 Å². The second-order valence-electron chi connectivity index (χ2n) is 5.21. The van der Waals surface area contributed by atoms with Gasteiger partial charge in [0.2, 0.25) is 0 Å². The molecule has 1 aliphatic rings. The molecule has 2 heteroatoms. The van der Waals surface area contributed by atoms with Crippen molar-refractivity contribution in [2.75, 3.05) is 6.54 Å². The summed E-state index contributed by atoms with van der Waals surface area (Å²) in [5.41, 5.74) is 0.804. The van der Waals surface area contributed by atoms with Crippen molar-refractivity contribution in [3.63, 3.8) is 0 Å². The predicted molar refractivity (Wildman–Crippen MR) is 69.3 cm³/mol. The summed E-state index contributed by atoms with van der Waals surface area (Å²) in [7, 11) is 0. The minimum Gasteiger partial charge on any atom is -0.310 e. The van der Waals surface area contributed by atoms with Gasteiger partial charge in [0.1, 0.15) is 5.82 Å². The fourth-order valence-corrected chi connectivity index (χ4v) is 2.39. The zero-order valence-electron chi connectivity index (χ0n) is 10.7. The lowest BCUT2D eigenvalue weighted by atomic mass is 10.0. The second kappa shape index (κ2) is 5.63. The third-order valence-corrected chi connectivity index (χ3v) is 3.80. The summed E-state index contributed by atoms with van der Waals surface area (Å²) in [4.78, 5) is 0. The Bertz CT molecular complexity index is 360. The summed E-state index contributed by atoms with van der Waals surface area (Å²) in [6.07, 6.45) is 3.68. The van der Waals surface area contributed by atoms with Gasteiger partial charge in [-0.1, -0.05) is 32.0 Å². The molecule has 17 heavy (non-hydrogen) atoms. The van der Waals surface area contributed by atoms with Crippen LogP contribution in [-0.2, 0) is 0 Å². The molecule has 94 valence electrons. The van der Waals surface area contributed by atoms with E-state index >= 15 is 0 Å². The van der Waals surface area contributed by atoms with E-state index in [1.54, 1.807) is 12.1 Å². The number of hydrogen-bond acceptors (Lipinski definition) is 1. The summed E-state index contributed by atoms with van der Waals surface area (Å²) in [6.45, 7) is 5.39. The van der Waals surface area contributed by atoms with Crippen LogP contribution in [0, 0.1) is 17.7 Å². The molecule has 2 atom stereocenters. The molecule has 1 aliphatic carbocycles. The topological polar surface area (TPSA) is 12.0 Å². The fraction of sp³-hybridized carbons (Fsp3) is 0.600. The molecule has 0 bridgehead atoms. The highest BCUT2D eigenvalue weighted by molar-refractivity contribution is 5.21. The van der Waals surface area contributed by atoms with Crippen molar-refractivity contribution in [3.05, 3.63) is 35.6 Å². The smallest absolute Gasteiger partial charge is 0.127 e. The van der Waals surface area contributed by atoms with Gasteiger partial charge in [0.05, 0.1) is 0 Å². The van der Waals surface area contributed by atoms with Crippen LogP contribution in [0.5, 0.6) is 0 Å². The lowest BCUT2D eigenvalue weighted by Gasteiger charge is -2.20. The summed E-state index contributed by atoms with van der Waals surface area (Å²) < 4.78 is 13.7. The van der Waals surface area contributed by atoms with Crippen LogP contribution in [0.25, 0.3) is 0 Å². The number of hydrogen-bond donors (Lipinski definition) is 1. The molecule has 1 N–H and O–H groups in total.